The van der Waals surface area contributed by atoms with Gasteiger partial charge in [0, 0.05) is 107 Å². The lowest BCUT2D eigenvalue weighted by molar-refractivity contribution is -0.136. The molecule has 5 aliphatic heterocycles. The summed E-state index contributed by atoms with van der Waals surface area (Å²) in [5, 5.41) is 16.3. The zero-order valence-corrected chi connectivity index (χ0v) is 40.6. The number of anilines is 5. The average molecular weight is 962 g/mol. The second kappa shape index (κ2) is 17.9. The van der Waals surface area contributed by atoms with Crippen LogP contribution in [0, 0.1) is 11.3 Å². The molecular weight excluding hydrogens is 903 g/mol. The number of piperidine rings is 2. The van der Waals surface area contributed by atoms with E-state index in [9.17, 15) is 33.9 Å². The van der Waals surface area contributed by atoms with E-state index in [0.717, 1.165) is 81.2 Å². The van der Waals surface area contributed by atoms with Gasteiger partial charge in [-0.3, -0.25) is 48.8 Å². The van der Waals surface area contributed by atoms with Crippen molar-refractivity contribution in [3.63, 3.8) is 0 Å². The van der Waals surface area contributed by atoms with Gasteiger partial charge in [-0.05, 0) is 110 Å². The third-order valence-corrected chi connectivity index (χ3v) is 15.5. The van der Waals surface area contributed by atoms with Gasteiger partial charge in [-0.25, -0.2) is 9.97 Å². The number of rotatable bonds is 10. The molecule has 0 bridgehead atoms. The summed E-state index contributed by atoms with van der Waals surface area (Å²) >= 11 is 0. The number of pyridine rings is 3. The predicted octanol–water partition coefficient (Wildman–Crippen LogP) is 4.49. The van der Waals surface area contributed by atoms with Crippen LogP contribution >= 0.6 is 0 Å². The number of fused-ring (bicyclic) bond motifs is 4. The smallest absolute Gasteiger partial charge is 0.276 e. The Labute approximate surface area is 411 Å². The van der Waals surface area contributed by atoms with Crippen LogP contribution in [0.4, 0.5) is 28.7 Å². The fourth-order valence-corrected chi connectivity index (χ4v) is 11.9. The molecule has 3 fully saturated rings. The Morgan fingerprint density at radius 2 is 1.61 bits per heavy atom. The van der Waals surface area contributed by atoms with Crippen molar-refractivity contribution in [2.45, 2.75) is 84.5 Å². The molecule has 6 aliphatic rings. The Morgan fingerprint density at radius 1 is 0.817 bits per heavy atom. The zero-order valence-electron chi connectivity index (χ0n) is 40.6. The minimum absolute atomic E-state index is 0.0824. The van der Waals surface area contributed by atoms with E-state index < -0.39 is 29.7 Å². The number of aryl methyl sites for hydroxylation is 1. The summed E-state index contributed by atoms with van der Waals surface area (Å²) in [6, 6.07) is 14.1. The second-order valence-electron chi connectivity index (χ2n) is 20.9. The maximum atomic E-state index is 14.0. The van der Waals surface area contributed by atoms with E-state index in [1.54, 1.807) is 48.6 Å². The van der Waals surface area contributed by atoms with Crippen molar-refractivity contribution in [2.24, 2.45) is 18.4 Å². The third-order valence-electron chi connectivity index (χ3n) is 15.5. The molecule has 9 heterocycles. The molecule has 5 aromatic rings. The number of aliphatic hydroxyl groups is 1. The highest BCUT2D eigenvalue weighted by Gasteiger charge is 2.45. The standard InChI is InChI=1S/C53H59N11O7/c1-31-27-59(28-32-12-15-60(16-13-32)35-5-7-38-39(23-35)50(69)64(49(38)68)42-8-10-46(66)57-48(42)67)17-18-61(31)36-6-9-45(55-26-36)56-41-21-34(29-58(4)51(41)70)37-11-14-54-47(40(37)30-65)63-20-19-62-43(52(63)71)22-33-24-53(2,3)25-44(33)62/h5-7,9,11,14,21-23,26,29,31-32,42,65H,8,10,12-13,15-20,24-25,27-28,30H2,1-4H3,(H,55,56)(H,57,66,67)/t31-,42?/m0/s1. The van der Waals surface area contributed by atoms with Crippen LogP contribution in [0.2, 0.25) is 0 Å². The van der Waals surface area contributed by atoms with Gasteiger partial charge in [0.2, 0.25) is 11.8 Å². The monoisotopic (exact) mass is 961 g/mol. The molecular formula is C53H59N11O7. The molecule has 0 saturated carbocycles. The molecule has 18 heteroatoms. The number of benzene rings is 1. The van der Waals surface area contributed by atoms with Crippen molar-refractivity contribution < 1.29 is 29.1 Å². The first-order valence-electron chi connectivity index (χ1n) is 24.8. The molecule has 3 N–H and O–H groups in total. The number of carbonyl (C=O) groups excluding carboxylic acids is 5. The lowest BCUT2D eigenvalue weighted by atomic mass is 9.90. The van der Waals surface area contributed by atoms with Crippen molar-refractivity contribution in [2.75, 3.05) is 65.8 Å². The fourth-order valence-electron chi connectivity index (χ4n) is 11.9. The SMILES string of the molecule is C[C@H]1CN(CC2CCN(c3ccc4c(c3)C(=O)N(C3CCC(=O)NC3=O)C4=O)CC2)CCN1c1ccc(Nc2cc(-c3ccnc(N4CCn5c(cc6c5CC(C)(C)C6)C4=O)c3CO)cn(C)c2=O)nc1. The molecule has 4 aromatic heterocycles. The van der Waals surface area contributed by atoms with Gasteiger partial charge in [-0.2, -0.15) is 0 Å². The molecule has 1 aliphatic carbocycles. The van der Waals surface area contributed by atoms with Gasteiger partial charge in [-0.1, -0.05) is 13.8 Å². The minimum Gasteiger partial charge on any atom is -0.392 e. The normalized spacial score (nSPS) is 21.5. The van der Waals surface area contributed by atoms with E-state index in [1.165, 1.54) is 15.8 Å². The number of nitrogens with one attached hydrogen (secondary N) is 2. The van der Waals surface area contributed by atoms with Gasteiger partial charge in [-0.15, -0.1) is 0 Å². The highest BCUT2D eigenvalue weighted by Crippen LogP contribution is 2.41. The Hall–Kier alpha value is -7.18. The molecule has 368 valence electrons. The van der Waals surface area contributed by atoms with Crippen molar-refractivity contribution in [1.29, 1.82) is 0 Å². The Bertz CT molecular complexity index is 3080. The van der Waals surface area contributed by atoms with E-state index in [0.29, 0.717) is 64.3 Å². The molecule has 11 rings (SSSR count). The number of aliphatic hydroxyl groups excluding tert-OH is 1. The lowest BCUT2D eigenvalue weighted by Gasteiger charge is -2.43. The van der Waals surface area contributed by atoms with Crippen molar-refractivity contribution in [3.8, 4) is 11.1 Å². The molecule has 1 unspecified atom stereocenters. The highest BCUT2D eigenvalue weighted by molar-refractivity contribution is 6.23. The summed E-state index contributed by atoms with van der Waals surface area (Å²) < 4.78 is 3.66. The average Bonchev–Trinajstić information content (AvgIpc) is 3.94. The molecule has 2 atom stereocenters. The van der Waals surface area contributed by atoms with Crippen LogP contribution in [0.15, 0.2) is 71.9 Å². The zero-order chi connectivity index (χ0) is 49.5. The number of amides is 5. The predicted molar refractivity (Wildman–Crippen MR) is 267 cm³/mol. The lowest BCUT2D eigenvalue weighted by Crippen LogP contribution is -2.54. The second-order valence-corrected chi connectivity index (χ2v) is 20.9. The number of imide groups is 2. The first-order valence-corrected chi connectivity index (χ1v) is 24.8. The van der Waals surface area contributed by atoms with Crippen LogP contribution < -0.4 is 30.9 Å². The molecule has 5 amide bonds. The van der Waals surface area contributed by atoms with E-state index in [4.69, 9.17) is 4.98 Å². The Morgan fingerprint density at radius 3 is 2.35 bits per heavy atom. The Balaban J connectivity index is 0.700. The summed E-state index contributed by atoms with van der Waals surface area (Å²) in [5.74, 6) is -0.689. The number of nitrogens with zero attached hydrogens (tertiary/aromatic N) is 9. The molecule has 0 radical (unpaired) electrons. The van der Waals surface area contributed by atoms with E-state index in [1.807, 2.05) is 30.5 Å². The highest BCUT2D eigenvalue weighted by atomic mass is 16.3. The van der Waals surface area contributed by atoms with E-state index in [2.05, 4.69) is 55.7 Å². The van der Waals surface area contributed by atoms with Crippen molar-refractivity contribution in [3.05, 3.63) is 111 Å². The first-order chi connectivity index (χ1) is 34.1. The molecule has 71 heavy (non-hydrogen) atoms. The largest absolute Gasteiger partial charge is 0.392 e. The Kier molecular flexibility index (Phi) is 11.7. The summed E-state index contributed by atoms with van der Waals surface area (Å²) in [5.41, 5.74) is 7.72. The quantitative estimate of drug-likeness (QED) is 0.166. The van der Waals surface area contributed by atoms with Gasteiger partial charge < -0.3 is 29.4 Å². The van der Waals surface area contributed by atoms with Crippen molar-refractivity contribution >= 4 is 58.2 Å². The maximum absolute atomic E-state index is 14.0. The van der Waals surface area contributed by atoms with Crippen LogP contribution in [0.25, 0.3) is 11.1 Å². The van der Waals surface area contributed by atoms with Gasteiger partial charge >= 0.3 is 0 Å². The molecule has 0 spiro atoms. The number of carbonyl (C=O) groups is 5. The number of hydrogen-bond acceptors (Lipinski definition) is 13. The topological polar surface area (TPSA) is 199 Å². The molecule has 1 aromatic carbocycles. The third kappa shape index (κ3) is 8.35. The maximum Gasteiger partial charge on any atom is 0.276 e. The van der Waals surface area contributed by atoms with Crippen molar-refractivity contribution in [1.82, 2.24) is 34.2 Å². The van der Waals surface area contributed by atoms with Crippen LogP contribution in [-0.4, -0.2) is 121 Å². The van der Waals surface area contributed by atoms with Crippen LogP contribution in [0.5, 0.6) is 0 Å². The van der Waals surface area contributed by atoms with Gasteiger partial charge in [0.25, 0.3) is 23.3 Å². The summed E-state index contributed by atoms with van der Waals surface area (Å²) in [4.78, 5) is 97.6. The minimum atomic E-state index is -0.986. The summed E-state index contributed by atoms with van der Waals surface area (Å²) in [7, 11) is 1.69. The fraction of sp³-hybridized carbons (Fsp3) is 0.434. The van der Waals surface area contributed by atoms with Crippen LogP contribution in [-0.2, 0) is 42.6 Å². The number of piperazine rings is 1. The van der Waals surface area contributed by atoms with Gasteiger partial charge in [0.05, 0.1) is 29.6 Å². The molecule has 18 nitrogen and oxygen atoms in total. The molecule has 3 saturated heterocycles. The van der Waals surface area contributed by atoms with E-state index >= 15 is 0 Å². The van der Waals surface area contributed by atoms with Crippen LogP contribution in [0.1, 0.15) is 94.5 Å². The number of aromatic nitrogens is 4. The number of hydrogen-bond donors (Lipinski definition) is 3. The van der Waals surface area contributed by atoms with E-state index in [-0.39, 0.29) is 47.9 Å². The summed E-state index contributed by atoms with van der Waals surface area (Å²) in [6.45, 7) is 12.8. The summed E-state index contributed by atoms with van der Waals surface area (Å²) in [6.07, 6.45) is 9.29. The van der Waals surface area contributed by atoms with Gasteiger partial charge in [0.1, 0.15) is 29.1 Å². The van der Waals surface area contributed by atoms with Gasteiger partial charge in [0.15, 0.2) is 0 Å². The van der Waals surface area contributed by atoms with Crippen LogP contribution in [0.3, 0.4) is 0 Å². The first kappa shape index (κ1) is 46.2.